The predicted octanol–water partition coefficient (Wildman–Crippen LogP) is 4.44. The van der Waals surface area contributed by atoms with E-state index in [9.17, 15) is 5.11 Å². The van der Waals surface area contributed by atoms with Crippen LogP contribution in [-0.4, -0.2) is 47.6 Å². The van der Waals surface area contributed by atoms with Gasteiger partial charge in [-0.2, -0.15) is 0 Å². The van der Waals surface area contributed by atoms with Crippen molar-refractivity contribution in [2.45, 2.75) is 37.7 Å². The molecule has 192 valence electrons. The van der Waals surface area contributed by atoms with Gasteiger partial charge in [0.2, 0.25) is 0 Å². The number of anilines is 2. The minimum atomic E-state index is 0.207. The van der Waals surface area contributed by atoms with Crippen molar-refractivity contribution in [2.75, 3.05) is 36.8 Å². The van der Waals surface area contributed by atoms with Gasteiger partial charge in [-0.1, -0.05) is 24.3 Å². The number of nitrogens with zero attached hydrogens (tertiary/aromatic N) is 3. The van der Waals surface area contributed by atoms with Crippen LogP contribution in [0, 0.1) is 23.7 Å². The highest BCUT2D eigenvalue weighted by Crippen LogP contribution is 2.62. The maximum absolute atomic E-state index is 10.3. The molecule has 5 fully saturated rings. The Bertz CT molecular complexity index is 1290. The third-order valence-corrected chi connectivity index (χ3v) is 9.35. The van der Waals surface area contributed by atoms with Gasteiger partial charge in [-0.05, 0) is 104 Å². The van der Waals surface area contributed by atoms with Crippen molar-refractivity contribution in [3.8, 4) is 22.8 Å². The molecule has 7 heteroatoms. The molecule has 3 aliphatic heterocycles. The molecule has 8 rings (SSSR count). The van der Waals surface area contributed by atoms with Gasteiger partial charge in [0.1, 0.15) is 17.6 Å². The zero-order valence-electron chi connectivity index (χ0n) is 21.1. The van der Waals surface area contributed by atoms with Crippen molar-refractivity contribution in [3.05, 3.63) is 60.2 Å². The van der Waals surface area contributed by atoms with Crippen molar-refractivity contribution >= 4 is 11.5 Å². The summed E-state index contributed by atoms with van der Waals surface area (Å²) >= 11 is 0. The lowest BCUT2D eigenvalue weighted by Gasteiger charge is -2.44. The largest absolute Gasteiger partial charge is 0.507 e. The van der Waals surface area contributed by atoms with Crippen LogP contribution in [0.4, 0.5) is 11.5 Å². The number of aromatic nitrogens is 2. The summed E-state index contributed by atoms with van der Waals surface area (Å²) in [5, 5.41) is 22.3. The number of phenolic OH excluding ortho intramolecular Hbond substituents is 1. The SMILES string of the molecule is Nc1nnc(-c2ccccc2O)cc1N1C[C@@H]2CC(c3cccc(OC4CCNCC4)c3)C3C2C[C@H]3C1. The fraction of sp³-hybridized carbons (Fsp3) is 0.467. The summed E-state index contributed by atoms with van der Waals surface area (Å²) in [6, 6.07) is 18.2. The van der Waals surface area contributed by atoms with E-state index in [-0.39, 0.29) is 5.75 Å². The molecule has 4 N–H and O–H groups in total. The summed E-state index contributed by atoms with van der Waals surface area (Å²) in [6.07, 6.45) is 5.00. The first-order chi connectivity index (χ1) is 18.1. The van der Waals surface area contributed by atoms with Crippen LogP contribution in [-0.2, 0) is 0 Å². The number of piperidine rings is 1. The summed E-state index contributed by atoms with van der Waals surface area (Å²) < 4.78 is 6.38. The Labute approximate surface area is 218 Å². The van der Waals surface area contributed by atoms with Gasteiger partial charge < -0.3 is 25.8 Å². The van der Waals surface area contributed by atoms with Crippen LogP contribution in [0.5, 0.6) is 11.5 Å². The Morgan fingerprint density at radius 2 is 1.78 bits per heavy atom. The third-order valence-electron chi connectivity index (χ3n) is 9.35. The fourth-order valence-electron chi connectivity index (χ4n) is 7.60. The first-order valence-electron chi connectivity index (χ1n) is 13.8. The number of benzene rings is 2. The zero-order valence-corrected chi connectivity index (χ0v) is 21.1. The van der Waals surface area contributed by atoms with Crippen LogP contribution in [0.2, 0.25) is 0 Å². The molecule has 0 radical (unpaired) electrons. The second kappa shape index (κ2) is 9.21. The van der Waals surface area contributed by atoms with Crippen molar-refractivity contribution in [3.63, 3.8) is 0 Å². The number of rotatable bonds is 5. The van der Waals surface area contributed by atoms with E-state index in [0.29, 0.717) is 40.9 Å². The smallest absolute Gasteiger partial charge is 0.169 e. The highest BCUT2D eigenvalue weighted by atomic mass is 16.5. The number of hydrogen-bond acceptors (Lipinski definition) is 7. The monoisotopic (exact) mass is 497 g/mol. The number of fused-ring (bicyclic) bond motifs is 2. The molecule has 3 saturated heterocycles. The van der Waals surface area contributed by atoms with Gasteiger partial charge in [0, 0.05) is 18.7 Å². The van der Waals surface area contributed by atoms with Crippen LogP contribution < -0.4 is 20.7 Å². The Morgan fingerprint density at radius 3 is 2.65 bits per heavy atom. The Balaban J connectivity index is 1.11. The van der Waals surface area contributed by atoms with Crippen LogP contribution in [0.15, 0.2) is 54.6 Å². The third kappa shape index (κ3) is 4.09. The van der Waals surface area contributed by atoms with Crippen LogP contribution in [0.25, 0.3) is 11.3 Å². The first-order valence-corrected chi connectivity index (χ1v) is 13.8. The van der Waals surface area contributed by atoms with Gasteiger partial charge in [-0.15, -0.1) is 10.2 Å². The number of para-hydroxylation sites is 1. The number of ether oxygens (including phenoxy) is 1. The highest BCUT2D eigenvalue weighted by molar-refractivity contribution is 5.74. The average Bonchev–Trinajstić information content (AvgIpc) is 3.00. The number of aromatic hydroxyl groups is 1. The summed E-state index contributed by atoms with van der Waals surface area (Å²) in [5.41, 5.74) is 10.1. The van der Waals surface area contributed by atoms with Crippen molar-refractivity contribution in [1.82, 2.24) is 15.5 Å². The van der Waals surface area contributed by atoms with Crippen LogP contribution in [0.1, 0.15) is 37.2 Å². The molecule has 7 nitrogen and oxygen atoms in total. The van der Waals surface area contributed by atoms with E-state index in [4.69, 9.17) is 10.5 Å². The molecule has 4 heterocycles. The average molecular weight is 498 g/mol. The molecule has 3 unspecified atom stereocenters. The van der Waals surface area contributed by atoms with Crippen LogP contribution in [0.3, 0.4) is 0 Å². The first kappa shape index (κ1) is 22.8. The maximum Gasteiger partial charge on any atom is 0.169 e. The molecule has 4 bridgehead atoms. The number of nitrogens with one attached hydrogen (secondary N) is 1. The Morgan fingerprint density at radius 1 is 0.946 bits per heavy atom. The minimum absolute atomic E-state index is 0.207. The molecular weight excluding hydrogens is 462 g/mol. The molecule has 3 aromatic rings. The van der Waals surface area contributed by atoms with Crippen molar-refractivity contribution < 1.29 is 9.84 Å². The van der Waals surface area contributed by atoms with E-state index in [1.54, 1.807) is 6.07 Å². The molecule has 2 aliphatic carbocycles. The molecule has 0 spiro atoms. The van der Waals surface area contributed by atoms with E-state index in [1.165, 1.54) is 18.4 Å². The van der Waals surface area contributed by atoms with Crippen molar-refractivity contribution in [1.29, 1.82) is 0 Å². The van der Waals surface area contributed by atoms with E-state index in [0.717, 1.165) is 62.3 Å². The summed E-state index contributed by atoms with van der Waals surface area (Å²) in [7, 11) is 0. The number of nitrogens with two attached hydrogens (primary N) is 1. The lowest BCUT2D eigenvalue weighted by molar-refractivity contribution is 0.0898. The van der Waals surface area contributed by atoms with Gasteiger partial charge in [-0.25, -0.2) is 0 Å². The molecule has 2 aromatic carbocycles. The van der Waals surface area contributed by atoms with E-state index < -0.39 is 0 Å². The predicted molar refractivity (Wildman–Crippen MR) is 145 cm³/mol. The minimum Gasteiger partial charge on any atom is -0.507 e. The Kier molecular flexibility index (Phi) is 5.69. The van der Waals surface area contributed by atoms with Crippen LogP contribution >= 0.6 is 0 Å². The molecule has 2 saturated carbocycles. The lowest BCUT2D eigenvalue weighted by Crippen LogP contribution is -2.40. The van der Waals surface area contributed by atoms with Gasteiger partial charge in [0.15, 0.2) is 5.82 Å². The van der Waals surface area contributed by atoms with Gasteiger partial charge in [0.05, 0.1) is 11.4 Å². The number of hydrogen-bond donors (Lipinski definition) is 3. The van der Waals surface area contributed by atoms with E-state index in [2.05, 4.69) is 44.7 Å². The van der Waals surface area contributed by atoms with Crippen molar-refractivity contribution in [2.24, 2.45) is 23.7 Å². The number of nitrogen functional groups attached to an aromatic ring is 1. The highest BCUT2D eigenvalue weighted by Gasteiger charge is 2.57. The molecule has 5 aliphatic rings. The van der Waals surface area contributed by atoms with Gasteiger partial charge >= 0.3 is 0 Å². The topological polar surface area (TPSA) is 96.5 Å². The fourth-order valence-corrected chi connectivity index (χ4v) is 7.60. The van der Waals surface area contributed by atoms with E-state index in [1.807, 2.05) is 24.3 Å². The molecular formula is C30H35N5O2. The van der Waals surface area contributed by atoms with Gasteiger partial charge in [0.25, 0.3) is 0 Å². The standard InChI is InChI=1S/C30H35N5O2/c31-30-27(15-26(33-34-30)23-6-1-2-7-28(23)36)35-16-19-13-24(29-20(17-35)14-25(19)29)18-4-3-5-22(12-18)37-21-8-10-32-11-9-21/h1-7,12,15,19-21,24-25,29,32,36H,8-11,13-14,16-17H2,(H2,31,34)/t19-,20-,24?,25?,29?/m0/s1. The van der Waals surface area contributed by atoms with Gasteiger partial charge in [-0.3, -0.25) is 0 Å². The second-order valence-corrected chi connectivity index (χ2v) is 11.4. The lowest BCUT2D eigenvalue weighted by atomic mass is 9.62. The maximum atomic E-state index is 10.3. The molecule has 1 aromatic heterocycles. The van der Waals surface area contributed by atoms with E-state index >= 15 is 0 Å². The normalized spacial score (nSPS) is 29.0. The Hall–Kier alpha value is -3.32. The zero-order chi connectivity index (χ0) is 24.9. The molecule has 5 atom stereocenters. The quantitative estimate of drug-likeness (QED) is 0.480. The summed E-state index contributed by atoms with van der Waals surface area (Å²) in [6.45, 7) is 4.08. The second-order valence-electron chi connectivity index (χ2n) is 11.4. The summed E-state index contributed by atoms with van der Waals surface area (Å²) in [4.78, 5) is 2.44. The molecule has 0 amide bonds. The molecule has 37 heavy (non-hydrogen) atoms. The summed E-state index contributed by atoms with van der Waals surface area (Å²) in [5.74, 6) is 5.11. The number of phenols is 1.